The highest BCUT2D eigenvalue weighted by atomic mass is 16.5. The van der Waals surface area contributed by atoms with Gasteiger partial charge < -0.3 is 14.8 Å². The molecule has 94 valence electrons. The summed E-state index contributed by atoms with van der Waals surface area (Å²) in [4.78, 5) is 0. The van der Waals surface area contributed by atoms with E-state index in [2.05, 4.69) is 17.4 Å². The summed E-state index contributed by atoms with van der Waals surface area (Å²) in [5.74, 6) is 1.67. The minimum atomic E-state index is 0.675. The Kier molecular flexibility index (Phi) is 4.83. The number of hydrogen-bond donors (Lipinski definition) is 1. The van der Waals surface area contributed by atoms with Gasteiger partial charge in [-0.3, -0.25) is 0 Å². The average Bonchev–Trinajstić information content (AvgIpc) is 2.85. The summed E-state index contributed by atoms with van der Waals surface area (Å²) in [6.07, 6.45) is 1.18. The van der Waals surface area contributed by atoms with Crippen molar-refractivity contribution in [3.05, 3.63) is 29.8 Å². The molecule has 0 aliphatic carbocycles. The van der Waals surface area contributed by atoms with Gasteiger partial charge in [0, 0.05) is 25.3 Å². The van der Waals surface area contributed by atoms with E-state index in [-0.39, 0.29) is 0 Å². The molecule has 1 aromatic carbocycles. The highest BCUT2D eigenvalue weighted by Crippen LogP contribution is 2.18. The van der Waals surface area contributed by atoms with Crippen LogP contribution in [0.2, 0.25) is 0 Å². The lowest BCUT2D eigenvalue weighted by atomic mass is 10.1. The van der Waals surface area contributed by atoms with E-state index < -0.39 is 0 Å². The second-order valence-corrected chi connectivity index (χ2v) is 4.40. The van der Waals surface area contributed by atoms with Gasteiger partial charge in [0.2, 0.25) is 0 Å². The number of ether oxygens (including phenoxy) is 2. The normalized spacial score (nSPS) is 19.5. The van der Waals surface area contributed by atoms with Crippen LogP contribution in [0.3, 0.4) is 0 Å². The van der Waals surface area contributed by atoms with Crippen molar-refractivity contribution in [1.29, 1.82) is 0 Å². The van der Waals surface area contributed by atoms with E-state index in [1.165, 1.54) is 12.0 Å². The smallest absolute Gasteiger partial charge is 0.123 e. The molecule has 0 radical (unpaired) electrons. The topological polar surface area (TPSA) is 30.5 Å². The van der Waals surface area contributed by atoms with Gasteiger partial charge in [0.15, 0.2) is 0 Å². The van der Waals surface area contributed by atoms with Crippen LogP contribution in [0.25, 0.3) is 0 Å². The van der Waals surface area contributed by atoms with Gasteiger partial charge in [0.05, 0.1) is 13.2 Å². The Hall–Kier alpha value is -1.06. The second-order valence-electron chi connectivity index (χ2n) is 4.40. The molecule has 1 fully saturated rings. The Bertz CT molecular complexity index is 335. The third-order valence-electron chi connectivity index (χ3n) is 3.04. The maximum Gasteiger partial charge on any atom is 0.123 e. The largest absolute Gasteiger partial charge is 0.494 e. The van der Waals surface area contributed by atoms with Gasteiger partial charge >= 0.3 is 0 Å². The van der Waals surface area contributed by atoms with Gasteiger partial charge in [-0.15, -0.1) is 0 Å². The van der Waals surface area contributed by atoms with E-state index in [1.807, 2.05) is 19.1 Å². The molecule has 2 rings (SSSR count). The number of benzene rings is 1. The molecule has 0 amide bonds. The van der Waals surface area contributed by atoms with Crippen LogP contribution in [0.4, 0.5) is 0 Å². The molecule has 0 bridgehead atoms. The highest BCUT2D eigenvalue weighted by molar-refractivity contribution is 5.33. The number of rotatable bonds is 6. The van der Waals surface area contributed by atoms with Crippen molar-refractivity contribution in [2.24, 2.45) is 5.92 Å². The Labute approximate surface area is 103 Å². The van der Waals surface area contributed by atoms with E-state index >= 15 is 0 Å². The first kappa shape index (κ1) is 12.4. The van der Waals surface area contributed by atoms with E-state index in [9.17, 15) is 0 Å². The molecule has 1 aliphatic heterocycles. The first-order valence-corrected chi connectivity index (χ1v) is 6.39. The fraction of sp³-hybridized carbons (Fsp3) is 0.571. The van der Waals surface area contributed by atoms with Crippen molar-refractivity contribution in [2.75, 3.05) is 26.4 Å². The molecule has 1 heterocycles. The number of para-hydroxylation sites is 1. The van der Waals surface area contributed by atoms with Gasteiger partial charge in [-0.1, -0.05) is 18.2 Å². The molecular weight excluding hydrogens is 214 g/mol. The van der Waals surface area contributed by atoms with E-state index in [0.29, 0.717) is 12.5 Å². The third-order valence-corrected chi connectivity index (χ3v) is 3.04. The Morgan fingerprint density at radius 2 is 2.29 bits per heavy atom. The molecule has 0 spiro atoms. The number of hydrogen-bond acceptors (Lipinski definition) is 3. The zero-order valence-corrected chi connectivity index (χ0v) is 10.4. The van der Waals surface area contributed by atoms with Crippen LogP contribution in [0.5, 0.6) is 5.75 Å². The first-order chi connectivity index (χ1) is 8.40. The highest BCUT2D eigenvalue weighted by Gasteiger charge is 2.14. The molecule has 3 nitrogen and oxygen atoms in total. The van der Waals surface area contributed by atoms with Gasteiger partial charge in [-0.2, -0.15) is 0 Å². The quantitative estimate of drug-likeness (QED) is 0.820. The van der Waals surface area contributed by atoms with Crippen LogP contribution in [-0.4, -0.2) is 26.4 Å². The monoisotopic (exact) mass is 235 g/mol. The van der Waals surface area contributed by atoms with Crippen LogP contribution in [0, 0.1) is 5.92 Å². The van der Waals surface area contributed by atoms with Crippen molar-refractivity contribution in [3.8, 4) is 5.75 Å². The minimum Gasteiger partial charge on any atom is -0.494 e. The Balaban J connectivity index is 1.80. The SMILES string of the molecule is CCOc1ccccc1CNCC1CCOC1. The maximum atomic E-state index is 5.59. The van der Waals surface area contributed by atoms with Crippen LogP contribution < -0.4 is 10.1 Å². The minimum absolute atomic E-state index is 0.675. The fourth-order valence-corrected chi connectivity index (χ4v) is 2.10. The molecule has 3 heteroatoms. The molecule has 0 aromatic heterocycles. The van der Waals surface area contributed by atoms with Crippen molar-refractivity contribution in [2.45, 2.75) is 19.9 Å². The fourth-order valence-electron chi connectivity index (χ4n) is 2.10. The first-order valence-electron chi connectivity index (χ1n) is 6.39. The van der Waals surface area contributed by atoms with Crippen LogP contribution >= 0.6 is 0 Å². The predicted molar refractivity (Wildman–Crippen MR) is 68.2 cm³/mol. The van der Waals surface area contributed by atoms with Crippen molar-refractivity contribution < 1.29 is 9.47 Å². The summed E-state index contributed by atoms with van der Waals surface area (Å²) < 4.78 is 11.0. The zero-order valence-electron chi connectivity index (χ0n) is 10.4. The van der Waals surface area contributed by atoms with Gasteiger partial charge in [0.25, 0.3) is 0 Å². The van der Waals surface area contributed by atoms with E-state index in [0.717, 1.165) is 32.1 Å². The van der Waals surface area contributed by atoms with Crippen molar-refractivity contribution in [1.82, 2.24) is 5.32 Å². The molecule has 1 aliphatic rings. The van der Waals surface area contributed by atoms with E-state index in [1.54, 1.807) is 0 Å². The summed E-state index contributed by atoms with van der Waals surface area (Å²) in [6, 6.07) is 8.21. The van der Waals surface area contributed by atoms with Crippen molar-refractivity contribution in [3.63, 3.8) is 0 Å². The summed E-state index contributed by atoms with van der Waals surface area (Å²) in [5.41, 5.74) is 1.23. The summed E-state index contributed by atoms with van der Waals surface area (Å²) in [7, 11) is 0. The van der Waals surface area contributed by atoms with Crippen LogP contribution in [0.15, 0.2) is 24.3 Å². The van der Waals surface area contributed by atoms with E-state index in [4.69, 9.17) is 9.47 Å². The number of nitrogens with one attached hydrogen (secondary N) is 1. The second kappa shape index (κ2) is 6.62. The maximum absolute atomic E-state index is 5.59. The molecule has 17 heavy (non-hydrogen) atoms. The lowest BCUT2D eigenvalue weighted by molar-refractivity contribution is 0.185. The zero-order chi connectivity index (χ0) is 11.9. The lowest BCUT2D eigenvalue weighted by Gasteiger charge is -2.12. The molecule has 1 N–H and O–H groups in total. The average molecular weight is 235 g/mol. The third kappa shape index (κ3) is 3.72. The Morgan fingerprint density at radius 3 is 3.06 bits per heavy atom. The molecule has 1 saturated heterocycles. The van der Waals surface area contributed by atoms with Crippen molar-refractivity contribution >= 4 is 0 Å². The Morgan fingerprint density at radius 1 is 1.41 bits per heavy atom. The molecule has 1 atom stereocenters. The standard InChI is InChI=1S/C14H21NO2/c1-2-17-14-6-4-3-5-13(14)10-15-9-12-7-8-16-11-12/h3-6,12,15H,2,7-11H2,1H3. The van der Waals surface area contributed by atoms with Gasteiger partial charge in [0.1, 0.15) is 5.75 Å². The lowest BCUT2D eigenvalue weighted by Crippen LogP contribution is -2.22. The summed E-state index contributed by atoms with van der Waals surface area (Å²) in [5, 5.41) is 3.48. The summed E-state index contributed by atoms with van der Waals surface area (Å²) >= 11 is 0. The van der Waals surface area contributed by atoms with Crippen LogP contribution in [-0.2, 0) is 11.3 Å². The molecule has 1 unspecified atom stereocenters. The summed E-state index contributed by atoms with van der Waals surface area (Å²) in [6.45, 7) is 6.45. The van der Waals surface area contributed by atoms with Gasteiger partial charge in [-0.25, -0.2) is 0 Å². The molecular formula is C14H21NO2. The van der Waals surface area contributed by atoms with Crippen LogP contribution in [0.1, 0.15) is 18.9 Å². The molecule has 1 aromatic rings. The predicted octanol–water partition coefficient (Wildman–Crippen LogP) is 2.21. The van der Waals surface area contributed by atoms with Gasteiger partial charge in [-0.05, 0) is 25.3 Å². The molecule has 0 saturated carbocycles.